The molecule has 0 bridgehead atoms. The van der Waals surface area contributed by atoms with Crippen LogP contribution in [0.4, 0.5) is 5.82 Å². The lowest BCUT2D eigenvalue weighted by atomic mass is 9.95. The van der Waals surface area contributed by atoms with Gasteiger partial charge in [0.25, 0.3) is 5.78 Å². The van der Waals surface area contributed by atoms with Crippen LogP contribution >= 0.6 is 0 Å². The monoisotopic (exact) mass is 376 g/mol. The number of amides is 1. The van der Waals surface area contributed by atoms with Crippen LogP contribution in [0.5, 0.6) is 5.75 Å². The van der Waals surface area contributed by atoms with E-state index in [4.69, 9.17) is 4.52 Å². The van der Waals surface area contributed by atoms with Crippen LogP contribution in [-0.4, -0.2) is 27.1 Å². The predicted octanol–water partition coefficient (Wildman–Crippen LogP) is 3.31. The number of aryl methyl sites for hydroxylation is 1. The number of carbonyl (C=O) groups is 2. The van der Waals surface area contributed by atoms with Crippen LogP contribution in [0.2, 0.25) is 0 Å². The van der Waals surface area contributed by atoms with Gasteiger partial charge in [0.2, 0.25) is 0 Å². The molecule has 28 heavy (non-hydrogen) atoms. The van der Waals surface area contributed by atoms with E-state index < -0.39 is 17.7 Å². The first-order valence-electron chi connectivity index (χ1n) is 8.56. The molecule has 3 aromatic rings. The van der Waals surface area contributed by atoms with Gasteiger partial charge in [0.15, 0.2) is 5.82 Å². The highest BCUT2D eigenvalue weighted by atomic mass is 16.5. The van der Waals surface area contributed by atoms with E-state index in [9.17, 15) is 19.8 Å². The largest absolute Gasteiger partial charge is 0.508 e. The van der Waals surface area contributed by atoms with E-state index >= 15 is 0 Å². The summed E-state index contributed by atoms with van der Waals surface area (Å²) in [6.45, 7) is 1.67. The summed E-state index contributed by atoms with van der Waals surface area (Å²) < 4.78 is 5.07. The van der Waals surface area contributed by atoms with Crippen molar-refractivity contribution in [2.75, 3.05) is 4.90 Å². The number of aromatic hydroxyl groups is 1. The Morgan fingerprint density at radius 1 is 1.07 bits per heavy atom. The molecule has 140 valence electrons. The van der Waals surface area contributed by atoms with Crippen LogP contribution in [-0.2, 0) is 9.59 Å². The first kappa shape index (κ1) is 17.5. The molecule has 1 saturated heterocycles. The molecule has 0 radical (unpaired) electrons. The molecule has 1 aromatic heterocycles. The van der Waals surface area contributed by atoms with Crippen molar-refractivity contribution < 1.29 is 24.3 Å². The average molecular weight is 376 g/mol. The van der Waals surface area contributed by atoms with Gasteiger partial charge in [-0.15, -0.1) is 0 Å². The van der Waals surface area contributed by atoms with E-state index in [-0.39, 0.29) is 22.9 Å². The quantitative estimate of drug-likeness (QED) is 0.413. The van der Waals surface area contributed by atoms with Crippen molar-refractivity contribution in [1.82, 2.24) is 5.16 Å². The van der Waals surface area contributed by atoms with Crippen molar-refractivity contribution in [2.24, 2.45) is 0 Å². The fourth-order valence-corrected chi connectivity index (χ4v) is 3.30. The maximum atomic E-state index is 12.8. The fraction of sp³-hybridized carbons (Fsp3) is 0.0952. The molecule has 1 fully saturated rings. The zero-order valence-corrected chi connectivity index (χ0v) is 14.9. The molecule has 0 saturated carbocycles. The van der Waals surface area contributed by atoms with Gasteiger partial charge in [-0.25, -0.2) is 0 Å². The molecule has 7 heteroatoms. The molecule has 1 amide bonds. The highest BCUT2D eigenvalue weighted by Crippen LogP contribution is 2.42. The number of rotatable bonds is 3. The Kier molecular flexibility index (Phi) is 4.19. The van der Waals surface area contributed by atoms with Gasteiger partial charge >= 0.3 is 5.91 Å². The minimum absolute atomic E-state index is 0.0286. The van der Waals surface area contributed by atoms with Crippen molar-refractivity contribution in [3.63, 3.8) is 0 Å². The number of ketones is 1. The summed E-state index contributed by atoms with van der Waals surface area (Å²) in [4.78, 5) is 26.8. The highest BCUT2D eigenvalue weighted by molar-refractivity contribution is 6.51. The maximum Gasteiger partial charge on any atom is 0.301 e. The molecule has 2 N–H and O–H groups in total. The molecular weight excluding hydrogens is 360 g/mol. The first-order valence-corrected chi connectivity index (χ1v) is 8.56. The van der Waals surface area contributed by atoms with E-state index in [1.165, 1.54) is 23.1 Å². The van der Waals surface area contributed by atoms with Crippen LogP contribution in [0.3, 0.4) is 0 Å². The lowest BCUT2D eigenvalue weighted by Gasteiger charge is -2.22. The van der Waals surface area contributed by atoms with Gasteiger partial charge in [0.1, 0.15) is 17.3 Å². The molecule has 0 aliphatic carbocycles. The van der Waals surface area contributed by atoms with Gasteiger partial charge in [0.05, 0.1) is 11.6 Å². The second-order valence-electron chi connectivity index (χ2n) is 6.43. The summed E-state index contributed by atoms with van der Waals surface area (Å²) in [5.41, 5.74) is 0.779. The standard InChI is InChI=1S/C21H16N2O5/c1-12-10-16(22-28-12)23-18(14-8-5-9-15(24)11-14)17(20(26)21(23)27)19(25)13-6-3-2-4-7-13/h2-11,18,24-25H,1H3/b19-17+/t18-/m1/s1. The summed E-state index contributed by atoms with van der Waals surface area (Å²) in [7, 11) is 0. The zero-order valence-electron chi connectivity index (χ0n) is 14.9. The van der Waals surface area contributed by atoms with Gasteiger partial charge in [-0.05, 0) is 24.6 Å². The van der Waals surface area contributed by atoms with E-state index in [0.29, 0.717) is 16.9 Å². The first-order chi connectivity index (χ1) is 13.5. The molecular formula is C21H16N2O5. The van der Waals surface area contributed by atoms with E-state index in [0.717, 1.165) is 0 Å². The number of aliphatic hydroxyl groups is 1. The number of Topliss-reactive ketones (excluding diaryl/α,β-unsaturated/α-hetero) is 1. The highest BCUT2D eigenvalue weighted by Gasteiger charge is 2.48. The number of hydrogen-bond donors (Lipinski definition) is 2. The SMILES string of the molecule is Cc1cc(N2C(=O)C(=O)/C(=C(/O)c3ccccc3)[C@H]2c2cccc(O)c2)no1. The fourth-order valence-electron chi connectivity index (χ4n) is 3.30. The minimum Gasteiger partial charge on any atom is -0.508 e. The predicted molar refractivity (Wildman–Crippen MR) is 101 cm³/mol. The zero-order chi connectivity index (χ0) is 19.8. The molecule has 1 aliphatic heterocycles. The van der Waals surface area contributed by atoms with Crippen LogP contribution in [0.15, 0.2) is 70.8 Å². The summed E-state index contributed by atoms with van der Waals surface area (Å²) >= 11 is 0. The number of aliphatic hydroxyl groups excluding tert-OH is 1. The van der Waals surface area contributed by atoms with Gasteiger partial charge in [-0.1, -0.05) is 47.6 Å². The third-order valence-corrected chi connectivity index (χ3v) is 4.54. The molecule has 0 spiro atoms. The van der Waals surface area contributed by atoms with Gasteiger partial charge < -0.3 is 14.7 Å². The minimum atomic E-state index is -0.961. The van der Waals surface area contributed by atoms with Crippen LogP contribution in [0, 0.1) is 6.92 Å². The van der Waals surface area contributed by atoms with Crippen molar-refractivity contribution in [3.05, 3.63) is 83.1 Å². The van der Waals surface area contributed by atoms with Crippen LogP contribution < -0.4 is 4.90 Å². The third kappa shape index (κ3) is 2.83. The molecule has 1 aliphatic rings. The molecule has 7 nitrogen and oxygen atoms in total. The van der Waals surface area contributed by atoms with Gasteiger partial charge in [0, 0.05) is 11.6 Å². The Labute approximate surface area is 160 Å². The van der Waals surface area contributed by atoms with E-state index in [1.54, 1.807) is 49.4 Å². The lowest BCUT2D eigenvalue weighted by molar-refractivity contribution is -0.132. The second-order valence-corrected chi connectivity index (χ2v) is 6.43. The summed E-state index contributed by atoms with van der Waals surface area (Å²) in [6, 6.07) is 15.2. The maximum absolute atomic E-state index is 12.8. The number of anilines is 1. The molecule has 2 heterocycles. The summed E-state index contributed by atoms with van der Waals surface area (Å²) in [5.74, 6) is -1.38. The number of aromatic nitrogens is 1. The van der Waals surface area contributed by atoms with E-state index in [1.807, 2.05) is 0 Å². The number of hydrogen-bond acceptors (Lipinski definition) is 6. The number of phenolic OH excluding ortho intramolecular Hbond substituents is 1. The van der Waals surface area contributed by atoms with Crippen molar-refractivity contribution in [2.45, 2.75) is 13.0 Å². The molecule has 1 atom stereocenters. The normalized spacial score (nSPS) is 18.6. The Bertz CT molecular complexity index is 1100. The van der Waals surface area contributed by atoms with Crippen molar-refractivity contribution >= 4 is 23.3 Å². The Balaban J connectivity index is 1.96. The van der Waals surface area contributed by atoms with Crippen molar-refractivity contribution in [1.29, 1.82) is 0 Å². The average Bonchev–Trinajstić information content (AvgIpc) is 3.23. The van der Waals surface area contributed by atoms with Crippen molar-refractivity contribution in [3.8, 4) is 5.75 Å². The van der Waals surface area contributed by atoms with Crippen LogP contribution in [0.25, 0.3) is 5.76 Å². The van der Waals surface area contributed by atoms with Gasteiger partial charge in [-0.3, -0.25) is 14.5 Å². The topological polar surface area (TPSA) is 104 Å². The molecule has 4 rings (SSSR count). The molecule has 0 unspecified atom stereocenters. The number of benzene rings is 2. The second kappa shape index (κ2) is 6.70. The number of carbonyl (C=O) groups excluding carboxylic acids is 2. The summed E-state index contributed by atoms with van der Waals surface area (Å²) in [5, 5.41) is 24.6. The Morgan fingerprint density at radius 3 is 2.46 bits per heavy atom. The third-order valence-electron chi connectivity index (χ3n) is 4.54. The smallest absolute Gasteiger partial charge is 0.301 e. The lowest BCUT2D eigenvalue weighted by Crippen LogP contribution is -2.29. The number of phenols is 1. The Morgan fingerprint density at radius 2 is 1.82 bits per heavy atom. The number of nitrogens with zero attached hydrogens (tertiary/aromatic N) is 2. The van der Waals surface area contributed by atoms with Crippen LogP contribution in [0.1, 0.15) is 22.9 Å². The Hall–Kier alpha value is -3.87. The van der Waals surface area contributed by atoms with E-state index in [2.05, 4.69) is 5.16 Å². The summed E-state index contributed by atoms with van der Waals surface area (Å²) in [6.07, 6.45) is 0. The molecule has 2 aromatic carbocycles. The van der Waals surface area contributed by atoms with Gasteiger partial charge in [-0.2, -0.15) is 0 Å².